The van der Waals surface area contributed by atoms with Crippen LogP contribution in [0.15, 0.2) is 53.1 Å². The summed E-state index contributed by atoms with van der Waals surface area (Å²) >= 11 is 12.1. The third-order valence-corrected chi connectivity index (χ3v) is 4.07. The minimum Gasteiger partial charge on any atom is -0.489 e. The lowest BCUT2D eigenvalue weighted by Crippen LogP contribution is -2.12. The highest BCUT2D eigenvalue weighted by Gasteiger charge is 2.09. The van der Waals surface area contributed by atoms with Gasteiger partial charge < -0.3 is 19.7 Å². The minimum absolute atomic E-state index is 0.0656. The van der Waals surface area contributed by atoms with Gasteiger partial charge in [-0.15, -0.1) is 0 Å². The molecule has 134 valence electrons. The molecule has 0 bridgehead atoms. The monoisotopic (exact) mass is 392 g/mol. The van der Waals surface area contributed by atoms with Crippen LogP contribution in [-0.2, 0) is 18.0 Å². The standard InChI is InChI=1S/C18H14Cl2N2O4/c19-13-3-6-16(20)12(7-13)9-24-14-4-1-11(2-5-14)17-8-15(26-22-17)10-25-18(21)23/h1-8H,9-10H2,(H2,21,23). The maximum absolute atomic E-state index is 10.6. The largest absolute Gasteiger partial charge is 0.489 e. The SMILES string of the molecule is NC(=O)OCc1cc(-c2ccc(OCc3cc(Cl)ccc3Cl)cc2)no1. The average molecular weight is 393 g/mol. The average Bonchev–Trinajstić information content (AvgIpc) is 3.10. The molecule has 0 radical (unpaired) electrons. The van der Waals surface area contributed by atoms with E-state index in [9.17, 15) is 4.79 Å². The van der Waals surface area contributed by atoms with E-state index in [1.807, 2.05) is 24.3 Å². The first kappa shape index (κ1) is 18.1. The number of ether oxygens (including phenoxy) is 2. The molecule has 0 aliphatic heterocycles. The lowest BCUT2D eigenvalue weighted by Gasteiger charge is -2.08. The highest BCUT2D eigenvalue weighted by Crippen LogP contribution is 2.25. The molecule has 3 aromatic rings. The Hall–Kier alpha value is -2.70. The zero-order chi connectivity index (χ0) is 18.5. The van der Waals surface area contributed by atoms with Crippen molar-refractivity contribution in [3.63, 3.8) is 0 Å². The molecule has 2 N–H and O–H groups in total. The summed E-state index contributed by atoms with van der Waals surface area (Å²) in [6, 6.07) is 14.2. The maximum atomic E-state index is 10.6. The van der Waals surface area contributed by atoms with Gasteiger partial charge in [0.15, 0.2) is 12.4 Å². The quantitative estimate of drug-likeness (QED) is 0.649. The van der Waals surface area contributed by atoms with Gasteiger partial charge >= 0.3 is 6.09 Å². The molecule has 8 heteroatoms. The normalized spacial score (nSPS) is 10.5. The summed E-state index contributed by atoms with van der Waals surface area (Å²) in [6.45, 7) is 0.237. The third-order valence-electron chi connectivity index (χ3n) is 3.47. The molecule has 0 aliphatic carbocycles. The fraction of sp³-hybridized carbons (Fsp3) is 0.111. The van der Waals surface area contributed by atoms with Crippen molar-refractivity contribution < 1.29 is 18.8 Å². The number of halogens is 2. The van der Waals surface area contributed by atoms with Gasteiger partial charge in [-0.2, -0.15) is 0 Å². The van der Waals surface area contributed by atoms with Crippen LogP contribution in [0.1, 0.15) is 11.3 Å². The Kier molecular flexibility index (Phi) is 5.65. The van der Waals surface area contributed by atoms with Crippen LogP contribution >= 0.6 is 23.2 Å². The molecule has 0 aliphatic rings. The Labute approximate surface area is 159 Å². The predicted octanol–water partition coefficient (Wildman–Crippen LogP) is 4.82. The second-order valence-electron chi connectivity index (χ2n) is 5.33. The number of hydrogen-bond acceptors (Lipinski definition) is 5. The zero-order valence-corrected chi connectivity index (χ0v) is 15.0. The first-order chi connectivity index (χ1) is 12.5. The lowest BCUT2D eigenvalue weighted by molar-refractivity contribution is 0.137. The number of nitrogens with two attached hydrogens (primary N) is 1. The molecule has 0 saturated carbocycles. The summed E-state index contributed by atoms with van der Waals surface area (Å²) < 4.78 is 15.5. The van der Waals surface area contributed by atoms with Crippen molar-refractivity contribution in [2.75, 3.05) is 0 Å². The Morgan fingerprint density at radius 1 is 1.08 bits per heavy atom. The Morgan fingerprint density at radius 3 is 2.58 bits per heavy atom. The topological polar surface area (TPSA) is 87.6 Å². The maximum Gasteiger partial charge on any atom is 0.404 e. The summed E-state index contributed by atoms with van der Waals surface area (Å²) in [7, 11) is 0. The van der Waals surface area contributed by atoms with E-state index in [0.29, 0.717) is 33.9 Å². The molecule has 0 atom stereocenters. The summed E-state index contributed by atoms with van der Waals surface area (Å²) in [5.41, 5.74) is 7.15. The van der Waals surface area contributed by atoms with Gasteiger partial charge in [-0.3, -0.25) is 0 Å². The van der Waals surface area contributed by atoms with Crippen LogP contribution in [0.5, 0.6) is 5.75 Å². The molecule has 0 spiro atoms. The summed E-state index contributed by atoms with van der Waals surface area (Å²) in [5, 5.41) is 5.13. The zero-order valence-electron chi connectivity index (χ0n) is 13.4. The molecule has 1 amide bonds. The van der Waals surface area contributed by atoms with Crippen molar-refractivity contribution in [1.82, 2.24) is 5.16 Å². The van der Waals surface area contributed by atoms with E-state index in [1.165, 1.54) is 0 Å². The summed E-state index contributed by atoms with van der Waals surface area (Å²) in [5.74, 6) is 1.07. The first-order valence-electron chi connectivity index (χ1n) is 7.56. The van der Waals surface area contributed by atoms with Gasteiger partial charge in [-0.1, -0.05) is 28.4 Å². The number of nitrogens with zero attached hydrogens (tertiary/aromatic N) is 1. The summed E-state index contributed by atoms with van der Waals surface area (Å²) in [6.07, 6.45) is -0.871. The number of rotatable bonds is 6. The first-order valence-corrected chi connectivity index (χ1v) is 8.32. The van der Waals surface area contributed by atoms with Gasteiger partial charge in [0, 0.05) is 27.2 Å². The van der Waals surface area contributed by atoms with E-state index in [1.54, 1.807) is 24.3 Å². The van der Waals surface area contributed by atoms with Crippen molar-refractivity contribution in [3.05, 3.63) is 69.9 Å². The van der Waals surface area contributed by atoms with E-state index in [0.717, 1.165) is 11.1 Å². The molecule has 0 unspecified atom stereocenters. The van der Waals surface area contributed by atoms with Crippen LogP contribution in [-0.4, -0.2) is 11.2 Å². The molecule has 0 fully saturated rings. The van der Waals surface area contributed by atoms with Gasteiger partial charge in [0.05, 0.1) is 0 Å². The van der Waals surface area contributed by atoms with Crippen molar-refractivity contribution in [1.29, 1.82) is 0 Å². The molecule has 2 aromatic carbocycles. The molecule has 6 nitrogen and oxygen atoms in total. The second-order valence-corrected chi connectivity index (χ2v) is 6.18. The Balaban J connectivity index is 1.63. The van der Waals surface area contributed by atoms with Crippen LogP contribution in [0.3, 0.4) is 0 Å². The van der Waals surface area contributed by atoms with Gasteiger partial charge in [0.2, 0.25) is 0 Å². The number of amides is 1. The fourth-order valence-corrected chi connectivity index (χ4v) is 2.56. The van der Waals surface area contributed by atoms with Gasteiger partial charge in [0.25, 0.3) is 0 Å². The van der Waals surface area contributed by atoms with E-state index in [-0.39, 0.29) is 6.61 Å². The van der Waals surface area contributed by atoms with E-state index in [2.05, 4.69) is 9.89 Å². The highest BCUT2D eigenvalue weighted by atomic mass is 35.5. The molecular weight excluding hydrogens is 379 g/mol. The van der Waals surface area contributed by atoms with E-state index in [4.69, 9.17) is 38.2 Å². The van der Waals surface area contributed by atoms with Crippen molar-refractivity contribution in [3.8, 4) is 17.0 Å². The van der Waals surface area contributed by atoms with Crippen LogP contribution in [0.2, 0.25) is 10.0 Å². The number of aromatic nitrogens is 1. The van der Waals surface area contributed by atoms with E-state index < -0.39 is 6.09 Å². The molecule has 1 aromatic heterocycles. The van der Waals surface area contributed by atoms with Gasteiger partial charge in [0.1, 0.15) is 18.1 Å². The predicted molar refractivity (Wildman–Crippen MR) is 97.1 cm³/mol. The van der Waals surface area contributed by atoms with Crippen molar-refractivity contribution in [2.45, 2.75) is 13.2 Å². The third kappa shape index (κ3) is 4.68. The Bertz CT molecular complexity index is 910. The van der Waals surface area contributed by atoms with Crippen LogP contribution < -0.4 is 10.5 Å². The summed E-state index contributed by atoms with van der Waals surface area (Å²) in [4.78, 5) is 10.6. The second kappa shape index (κ2) is 8.12. The van der Waals surface area contributed by atoms with Crippen molar-refractivity contribution >= 4 is 29.3 Å². The van der Waals surface area contributed by atoms with Crippen LogP contribution in [0.25, 0.3) is 11.3 Å². The minimum atomic E-state index is -0.871. The van der Waals surface area contributed by atoms with E-state index >= 15 is 0 Å². The number of carbonyl (C=O) groups excluding carboxylic acids is 1. The number of hydrogen-bond donors (Lipinski definition) is 1. The lowest BCUT2D eigenvalue weighted by atomic mass is 10.1. The fourth-order valence-electron chi connectivity index (χ4n) is 2.20. The molecule has 0 saturated heterocycles. The number of primary amides is 1. The van der Waals surface area contributed by atoms with Crippen molar-refractivity contribution in [2.24, 2.45) is 5.73 Å². The number of benzene rings is 2. The molecule has 26 heavy (non-hydrogen) atoms. The molecule has 1 heterocycles. The van der Waals surface area contributed by atoms with Gasteiger partial charge in [-0.25, -0.2) is 4.79 Å². The highest BCUT2D eigenvalue weighted by molar-refractivity contribution is 6.33. The van der Waals surface area contributed by atoms with Crippen LogP contribution in [0.4, 0.5) is 4.79 Å². The molecular formula is C18H14Cl2N2O4. The molecule has 3 rings (SSSR count). The van der Waals surface area contributed by atoms with Crippen LogP contribution in [0, 0.1) is 0 Å². The Morgan fingerprint density at radius 2 is 1.85 bits per heavy atom. The van der Waals surface area contributed by atoms with Gasteiger partial charge in [-0.05, 0) is 42.5 Å². The number of carbonyl (C=O) groups is 1. The smallest absolute Gasteiger partial charge is 0.404 e.